The molecule has 0 atom stereocenters. The van der Waals surface area contributed by atoms with Gasteiger partial charge in [0.2, 0.25) is 0 Å². The van der Waals surface area contributed by atoms with Crippen molar-refractivity contribution in [2.24, 2.45) is 5.92 Å². The molecule has 1 fully saturated rings. The number of piperidine rings is 1. The lowest BCUT2D eigenvalue weighted by Crippen LogP contribution is -2.36. The lowest BCUT2D eigenvalue weighted by atomic mass is 9.97. The Morgan fingerprint density at radius 3 is 2.62 bits per heavy atom. The van der Waals surface area contributed by atoms with Crippen LogP contribution in [0.25, 0.3) is 0 Å². The van der Waals surface area contributed by atoms with E-state index in [9.17, 15) is 4.79 Å². The number of rotatable bonds is 3. The van der Waals surface area contributed by atoms with Gasteiger partial charge in [-0.3, -0.25) is 9.69 Å². The van der Waals surface area contributed by atoms with Gasteiger partial charge in [0.1, 0.15) is 0 Å². The van der Waals surface area contributed by atoms with Gasteiger partial charge in [0, 0.05) is 6.54 Å². The van der Waals surface area contributed by atoms with E-state index in [2.05, 4.69) is 11.0 Å². The molecule has 1 N–H and O–H groups in total. The van der Waals surface area contributed by atoms with E-state index in [4.69, 9.17) is 5.11 Å². The maximum atomic E-state index is 10.6. The molecule has 0 aromatic heterocycles. The molecule has 0 aromatic rings. The summed E-state index contributed by atoms with van der Waals surface area (Å²) in [6.07, 6.45) is 5.74. The molecule has 3 nitrogen and oxygen atoms in total. The van der Waals surface area contributed by atoms with E-state index < -0.39 is 5.97 Å². The molecular weight excluding hydrogens is 166 g/mol. The van der Waals surface area contributed by atoms with Crippen molar-refractivity contribution in [3.05, 3.63) is 12.2 Å². The summed E-state index contributed by atoms with van der Waals surface area (Å²) < 4.78 is 0. The maximum Gasteiger partial charge on any atom is 0.306 e. The monoisotopic (exact) mass is 183 g/mol. The van der Waals surface area contributed by atoms with Crippen molar-refractivity contribution in [3.8, 4) is 0 Å². The first-order chi connectivity index (χ1) is 6.24. The fourth-order valence-corrected chi connectivity index (χ4v) is 1.62. The van der Waals surface area contributed by atoms with E-state index >= 15 is 0 Å². The minimum absolute atomic E-state index is 0.109. The Morgan fingerprint density at radius 1 is 1.54 bits per heavy atom. The molecule has 0 bridgehead atoms. The van der Waals surface area contributed by atoms with Gasteiger partial charge in [0.15, 0.2) is 0 Å². The van der Waals surface area contributed by atoms with Gasteiger partial charge in [-0.2, -0.15) is 0 Å². The third-order valence-electron chi connectivity index (χ3n) is 2.54. The summed E-state index contributed by atoms with van der Waals surface area (Å²) in [5, 5.41) is 8.77. The topological polar surface area (TPSA) is 40.5 Å². The molecule has 0 aliphatic carbocycles. The molecule has 3 heteroatoms. The van der Waals surface area contributed by atoms with Gasteiger partial charge in [-0.1, -0.05) is 12.2 Å². The second-order valence-corrected chi connectivity index (χ2v) is 3.48. The molecule has 0 amide bonds. The summed E-state index contributed by atoms with van der Waals surface area (Å²) in [7, 11) is 0. The molecule has 74 valence electrons. The zero-order chi connectivity index (χ0) is 9.68. The Morgan fingerprint density at radius 2 is 2.15 bits per heavy atom. The average Bonchev–Trinajstić information content (AvgIpc) is 2.15. The van der Waals surface area contributed by atoms with Crippen LogP contribution < -0.4 is 0 Å². The van der Waals surface area contributed by atoms with Crippen molar-refractivity contribution in [2.75, 3.05) is 19.6 Å². The molecule has 1 saturated heterocycles. The first kappa shape index (κ1) is 10.3. The van der Waals surface area contributed by atoms with Crippen LogP contribution >= 0.6 is 0 Å². The van der Waals surface area contributed by atoms with Crippen molar-refractivity contribution < 1.29 is 9.90 Å². The van der Waals surface area contributed by atoms with Crippen LogP contribution in [0.4, 0.5) is 0 Å². The van der Waals surface area contributed by atoms with Crippen LogP contribution in [-0.4, -0.2) is 35.6 Å². The Bertz CT molecular complexity index is 193. The number of likely N-dealkylation sites (tertiary alicyclic amines) is 1. The van der Waals surface area contributed by atoms with Crippen LogP contribution in [0.3, 0.4) is 0 Å². The van der Waals surface area contributed by atoms with Gasteiger partial charge in [0.05, 0.1) is 5.92 Å². The van der Waals surface area contributed by atoms with E-state index in [0.29, 0.717) is 0 Å². The van der Waals surface area contributed by atoms with Gasteiger partial charge in [-0.15, -0.1) is 0 Å². The summed E-state index contributed by atoms with van der Waals surface area (Å²) in [5.74, 6) is -0.743. The molecule has 0 radical (unpaired) electrons. The molecular formula is C10H17NO2. The van der Waals surface area contributed by atoms with Crippen LogP contribution in [0.5, 0.6) is 0 Å². The Kier molecular flexibility index (Phi) is 3.96. The molecule has 0 saturated carbocycles. The second-order valence-electron chi connectivity index (χ2n) is 3.48. The van der Waals surface area contributed by atoms with E-state index in [1.165, 1.54) is 0 Å². The predicted octanol–water partition coefficient (Wildman–Crippen LogP) is 1.36. The summed E-state index contributed by atoms with van der Waals surface area (Å²) in [4.78, 5) is 12.9. The molecule has 1 rings (SSSR count). The SMILES string of the molecule is C/C=C/CN1CCC(C(=O)O)CC1. The summed E-state index contributed by atoms with van der Waals surface area (Å²) in [6, 6.07) is 0. The number of aliphatic carboxylic acids is 1. The van der Waals surface area contributed by atoms with Crippen LogP contribution in [-0.2, 0) is 4.79 Å². The Hall–Kier alpha value is -0.830. The number of carboxylic acid groups (broad SMARTS) is 1. The van der Waals surface area contributed by atoms with Crippen LogP contribution in [0, 0.1) is 5.92 Å². The summed E-state index contributed by atoms with van der Waals surface area (Å²) in [6.45, 7) is 4.80. The first-order valence-corrected chi connectivity index (χ1v) is 4.80. The molecule has 0 aromatic carbocycles. The van der Waals surface area contributed by atoms with Crippen molar-refractivity contribution in [1.82, 2.24) is 4.90 Å². The molecule has 1 aliphatic rings. The smallest absolute Gasteiger partial charge is 0.306 e. The molecule has 13 heavy (non-hydrogen) atoms. The van der Waals surface area contributed by atoms with E-state index in [1.54, 1.807) is 0 Å². The van der Waals surface area contributed by atoms with E-state index in [1.807, 2.05) is 13.0 Å². The highest BCUT2D eigenvalue weighted by Gasteiger charge is 2.23. The summed E-state index contributed by atoms with van der Waals surface area (Å²) >= 11 is 0. The molecule has 1 heterocycles. The minimum atomic E-state index is -0.634. The van der Waals surface area contributed by atoms with E-state index in [-0.39, 0.29) is 5.92 Å². The first-order valence-electron chi connectivity index (χ1n) is 4.80. The van der Waals surface area contributed by atoms with Crippen molar-refractivity contribution in [2.45, 2.75) is 19.8 Å². The zero-order valence-electron chi connectivity index (χ0n) is 8.07. The predicted molar refractivity (Wildman–Crippen MR) is 51.6 cm³/mol. The maximum absolute atomic E-state index is 10.6. The van der Waals surface area contributed by atoms with Crippen molar-refractivity contribution >= 4 is 5.97 Å². The van der Waals surface area contributed by atoms with Crippen LogP contribution in [0.1, 0.15) is 19.8 Å². The fourth-order valence-electron chi connectivity index (χ4n) is 1.62. The third kappa shape index (κ3) is 3.19. The average molecular weight is 183 g/mol. The highest BCUT2D eigenvalue weighted by atomic mass is 16.4. The highest BCUT2D eigenvalue weighted by molar-refractivity contribution is 5.70. The number of nitrogens with zero attached hydrogens (tertiary/aromatic N) is 1. The van der Waals surface area contributed by atoms with Gasteiger partial charge < -0.3 is 5.11 Å². The van der Waals surface area contributed by atoms with Crippen molar-refractivity contribution in [3.63, 3.8) is 0 Å². The van der Waals surface area contributed by atoms with Crippen LogP contribution in [0.2, 0.25) is 0 Å². The lowest BCUT2D eigenvalue weighted by molar-refractivity contribution is -0.143. The third-order valence-corrected chi connectivity index (χ3v) is 2.54. The Labute approximate surface area is 79.0 Å². The summed E-state index contributed by atoms with van der Waals surface area (Å²) in [5.41, 5.74) is 0. The largest absolute Gasteiger partial charge is 0.481 e. The van der Waals surface area contributed by atoms with Crippen molar-refractivity contribution in [1.29, 1.82) is 0 Å². The highest BCUT2D eigenvalue weighted by Crippen LogP contribution is 2.16. The number of allylic oxidation sites excluding steroid dienone is 1. The van der Waals surface area contributed by atoms with Gasteiger partial charge in [-0.05, 0) is 32.9 Å². The lowest BCUT2D eigenvalue weighted by Gasteiger charge is -2.28. The van der Waals surface area contributed by atoms with Crippen LogP contribution in [0.15, 0.2) is 12.2 Å². The number of carbonyl (C=O) groups is 1. The van der Waals surface area contributed by atoms with Gasteiger partial charge in [-0.25, -0.2) is 0 Å². The standard InChI is InChI=1S/C10H17NO2/c1-2-3-6-11-7-4-9(5-8-11)10(12)13/h2-3,9H,4-8H2,1H3,(H,12,13)/b3-2+. The molecule has 0 unspecified atom stereocenters. The van der Waals surface area contributed by atoms with E-state index in [0.717, 1.165) is 32.5 Å². The molecule has 0 spiro atoms. The van der Waals surface area contributed by atoms with Gasteiger partial charge in [0.25, 0.3) is 0 Å². The fraction of sp³-hybridized carbons (Fsp3) is 0.700. The number of hydrogen-bond acceptors (Lipinski definition) is 2. The normalized spacial score (nSPS) is 21.0. The number of carboxylic acids is 1. The zero-order valence-corrected chi connectivity index (χ0v) is 8.07. The minimum Gasteiger partial charge on any atom is -0.481 e. The Balaban J connectivity index is 2.26. The second kappa shape index (κ2) is 5.02. The van der Waals surface area contributed by atoms with Gasteiger partial charge >= 0.3 is 5.97 Å². The molecule has 1 aliphatic heterocycles. The number of hydrogen-bond donors (Lipinski definition) is 1. The quantitative estimate of drug-likeness (QED) is 0.672.